The summed E-state index contributed by atoms with van der Waals surface area (Å²) in [5.41, 5.74) is 6.15. The van der Waals surface area contributed by atoms with Crippen LogP contribution in [0.15, 0.2) is 41.8 Å². The van der Waals surface area contributed by atoms with Crippen LogP contribution in [0.25, 0.3) is 5.69 Å². The van der Waals surface area contributed by atoms with E-state index >= 15 is 0 Å². The lowest BCUT2D eigenvalue weighted by Crippen LogP contribution is -2.50. The van der Waals surface area contributed by atoms with Gasteiger partial charge in [-0.2, -0.15) is 9.40 Å². The molecule has 1 aliphatic rings. The van der Waals surface area contributed by atoms with Gasteiger partial charge in [0.2, 0.25) is 10.0 Å². The number of sulfonamides is 1. The highest BCUT2D eigenvalue weighted by molar-refractivity contribution is 7.89. The Balaban J connectivity index is 1.49. The molecule has 0 saturated carbocycles. The van der Waals surface area contributed by atoms with E-state index in [0.717, 1.165) is 33.5 Å². The number of hydrogen-bond acceptors (Lipinski definition) is 5. The van der Waals surface area contributed by atoms with Crippen molar-refractivity contribution >= 4 is 15.9 Å². The van der Waals surface area contributed by atoms with Crippen molar-refractivity contribution in [3.05, 3.63) is 70.3 Å². The maximum atomic E-state index is 13.6. The van der Waals surface area contributed by atoms with Gasteiger partial charge >= 0.3 is 0 Å². The number of hydrogen-bond donors (Lipinski definition) is 0. The molecule has 1 amide bonds. The Morgan fingerprint density at radius 3 is 1.88 bits per heavy atom. The monoisotopic (exact) mass is 467 g/mol. The predicted molar refractivity (Wildman–Crippen MR) is 126 cm³/mol. The fourth-order valence-corrected chi connectivity index (χ4v) is 6.38. The second-order valence-electron chi connectivity index (χ2n) is 8.54. The first-order valence-electron chi connectivity index (χ1n) is 10.9. The summed E-state index contributed by atoms with van der Waals surface area (Å²) in [5.74, 6) is -0.105. The summed E-state index contributed by atoms with van der Waals surface area (Å²) >= 11 is 0. The van der Waals surface area contributed by atoms with Gasteiger partial charge in [-0.15, -0.1) is 0 Å². The SMILES string of the molecule is Cc1c(C)c(C)c(S(=O)(=O)N2CCN(C(=O)c3ccc(-n4cncn4)cc3)CC2)c(C)c1C. The molecule has 4 rings (SSSR count). The zero-order valence-electron chi connectivity index (χ0n) is 19.7. The minimum Gasteiger partial charge on any atom is -0.336 e. The summed E-state index contributed by atoms with van der Waals surface area (Å²) < 4.78 is 30.2. The molecule has 8 nitrogen and oxygen atoms in total. The van der Waals surface area contributed by atoms with Crippen LogP contribution in [0, 0.1) is 34.6 Å². The third-order valence-electron chi connectivity index (χ3n) is 6.85. The van der Waals surface area contributed by atoms with Crippen molar-refractivity contribution in [3.63, 3.8) is 0 Å². The molecule has 0 atom stereocenters. The summed E-state index contributed by atoms with van der Waals surface area (Å²) in [5, 5.41) is 4.08. The van der Waals surface area contributed by atoms with Gasteiger partial charge in [0.15, 0.2) is 0 Å². The fourth-order valence-electron chi connectivity index (χ4n) is 4.39. The summed E-state index contributed by atoms with van der Waals surface area (Å²) in [6.45, 7) is 11.0. The quantitative estimate of drug-likeness (QED) is 0.589. The van der Waals surface area contributed by atoms with Crippen LogP contribution in [0.3, 0.4) is 0 Å². The van der Waals surface area contributed by atoms with Crippen molar-refractivity contribution in [1.29, 1.82) is 0 Å². The van der Waals surface area contributed by atoms with Gasteiger partial charge in [-0.25, -0.2) is 18.1 Å². The van der Waals surface area contributed by atoms with E-state index < -0.39 is 10.0 Å². The Bertz CT molecular complexity index is 1260. The summed E-state index contributed by atoms with van der Waals surface area (Å²) in [4.78, 5) is 19.0. The van der Waals surface area contributed by atoms with E-state index in [-0.39, 0.29) is 19.0 Å². The van der Waals surface area contributed by atoms with Crippen molar-refractivity contribution in [2.45, 2.75) is 39.5 Å². The second-order valence-corrected chi connectivity index (χ2v) is 10.4. The molecule has 0 unspecified atom stereocenters. The van der Waals surface area contributed by atoms with Gasteiger partial charge in [0.05, 0.1) is 10.6 Å². The number of aromatic nitrogens is 3. The van der Waals surface area contributed by atoms with Gasteiger partial charge in [0.1, 0.15) is 12.7 Å². The van der Waals surface area contributed by atoms with E-state index in [1.807, 2.05) is 46.8 Å². The molecule has 1 aromatic heterocycles. The Kier molecular flexibility index (Phi) is 6.11. The van der Waals surface area contributed by atoms with Gasteiger partial charge in [-0.05, 0) is 86.7 Å². The van der Waals surface area contributed by atoms with E-state index in [4.69, 9.17) is 0 Å². The third-order valence-corrected chi connectivity index (χ3v) is 9.03. The average Bonchev–Trinajstić information content (AvgIpc) is 3.36. The summed E-state index contributed by atoms with van der Waals surface area (Å²) in [6.07, 6.45) is 3.05. The molecule has 174 valence electrons. The Morgan fingerprint density at radius 1 is 0.818 bits per heavy atom. The molecule has 0 aliphatic carbocycles. The molecule has 1 aliphatic heterocycles. The highest BCUT2D eigenvalue weighted by Crippen LogP contribution is 2.32. The molecule has 33 heavy (non-hydrogen) atoms. The Labute approximate surface area is 194 Å². The third kappa shape index (κ3) is 4.06. The molecule has 2 aromatic carbocycles. The van der Waals surface area contributed by atoms with Crippen LogP contribution < -0.4 is 0 Å². The van der Waals surface area contributed by atoms with Gasteiger partial charge in [-0.1, -0.05) is 0 Å². The van der Waals surface area contributed by atoms with E-state index in [2.05, 4.69) is 10.1 Å². The highest BCUT2D eigenvalue weighted by Gasteiger charge is 2.33. The van der Waals surface area contributed by atoms with E-state index in [1.165, 1.54) is 10.6 Å². The van der Waals surface area contributed by atoms with Crippen molar-refractivity contribution in [3.8, 4) is 5.69 Å². The molecule has 0 N–H and O–H groups in total. The van der Waals surface area contributed by atoms with Crippen LogP contribution in [0.2, 0.25) is 0 Å². The average molecular weight is 468 g/mol. The van der Waals surface area contributed by atoms with Crippen LogP contribution in [0.1, 0.15) is 38.2 Å². The van der Waals surface area contributed by atoms with Gasteiger partial charge in [0.25, 0.3) is 5.91 Å². The minimum absolute atomic E-state index is 0.105. The summed E-state index contributed by atoms with van der Waals surface area (Å²) in [6, 6.07) is 7.15. The van der Waals surface area contributed by atoms with E-state index in [9.17, 15) is 13.2 Å². The van der Waals surface area contributed by atoms with Crippen molar-refractivity contribution in [1.82, 2.24) is 24.0 Å². The number of benzene rings is 2. The smallest absolute Gasteiger partial charge is 0.253 e. The first kappa shape index (κ1) is 23.1. The fraction of sp³-hybridized carbons (Fsp3) is 0.375. The lowest BCUT2D eigenvalue weighted by Gasteiger charge is -2.35. The van der Waals surface area contributed by atoms with Crippen LogP contribution in [-0.2, 0) is 10.0 Å². The minimum atomic E-state index is -3.65. The Morgan fingerprint density at radius 2 is 1.36 bits per heavy atom. The van der Waals surface area contributed by atoms with E-state index in [1.54, 1.807) is 28.0 Å². The largest absolute Gasteiger partial charge is 0.336 e. The number of carbonyl (C=O) groups is 1. The van der Waals surface area contributed by atoms with Crippen LogP contribution in [0.4, 0.5) is 0 Å². The highest BCUT2D eigenvalue weighted by atomic mass is 32.2. The number of nitrogens with zero attached hydrogens (tertiary/aromatic N) is 5. The number of rotatable bonds is 4. The molecule has 9 heteroatoms. The molecule has 1 saturated heterocycles. The van der Waals surface area contributed by atoms with E-state index in [0.29, 0.717) is 23.5 Å². The van der Waals surface area contributed by atoms with Gasteiger partial charge < -0.3 is 4.90 Å². The zero-order chi connectivity index (χ0) is 23.9. The van der Waals surface area contributed by atoms with Gasteiger partial charge in [0, 0.05) is 31.7 Å². The molecule has 3 aromatic rings. The zero-order valence-corrected chi connectivity index (χ0v) is 20.5. The normalized spacial score (nSPS) is 15.1. The number of amides is 1. The van der Waals surface area contributed by atoms with Crippen molar-refractivity contribution in [2.24, 2.45) is 0 Å². The number of carbonyl (C=O) groups excluding carboxylic acids is 1. The molecular weight excluding hydrogens is 438 g/mol. The maximum absolute atomic E-state index is 13.6. The van der Waals surface area contributed by atoms with Gasteiger partial charge in [-0.3, -0.25) is 4.79 Å². The molecule has 1 fully saturated rings. The number of piperazine rings is 1. The Hall–Kier alpha value is -3.04. The lowest BCUT2D eigenvalue weighted by molar-refractivity contribution is 0.0698. The van der Waals surface area contributed by atoms with Crippen LogP contribution in [0.5, 0.6) is 0 Å². The molecule has 2 heterocycles. The maximum Gasteiger partial charge on any atom is 0.253 e. The summed E-state index contributed by atoms with van der Waals surface area (Å²) in [7, 11) is -3.65. The standard InChI is InChI=1S/C24H29N5O3S/c1-16-17(2)19(4)23(20(5)18(16)3)33(31,32)28-12-10-27(11-13-28)24(30)21-6-8-22(9-7-21)29-15-25-14-26-29/h6-9,14-15H,10-13H2,1-5H3. The molecule has 0 bridgehead atoms. The van der Waals surface area contributed by atoms with Crippen LogP contribution >= 0.6 is 0 Å². The predicted octanol–water partition coefficient (Wildman–Crippen LogP) is 2.96. The topological polar surface area (TPSA) is 88.4 Å². The first-order valence-corrected chi connectivity index (χ1v) is 12.4. The lowest BCUT2D eigenvalue weighted by atomic mass is 9.95. The van der Waals surface area contributed by atoms with Crippen LogP contribution in [-0.4, -0.2) is 64.5 Å². The second kappa shape index (κ2) is 8.72. The molecular formula is C24H29N5O3S. The molecule has 0 radical (unpaired) electrons. The first-order chi connectivity index (χ1) is 15.6. The molecule has 0 spiro atoms. The van der Waals surface area contributed by atoms with Crippen molar-refractivity contribution in [2.75, 3.05) is 26.2 Å². The van der Waals surface area contributed by atoms with Crippen molar-refractivity contribution < 1.29 is 13.2 Å².